The summed E-state index contributed by atoms with van der Waals surface area (Å²) in [5.41, 5.74) is 2.55. The molecule has 4 aromatic rings. The molecule has 9 nitrogen and oxygen atoms in total. The van der Waals surface area contributed by atoms with Crippen molar-refractivity contribution in [1.82, 2.24) is 29.2 Å². The molecule has 1 aliphatic rings. The number of piperazine rings is 1. The Morgan fingerprint density at radius 1 is 1.09 bits per heavy atom. The van der Waals surface area contributed by atoms with Crippen LogP contribution in [0.1, 0.15) is 13.8 Å². The first-order chi connectivity index (χ1) is 15.8. The van der Waals surface area contributed by atoms with Crippen LogP contribution in [0.5, 0.6) is 0 Å². The zero-order chi connectivity index (χ0) is 23.3. The van der Waals surface area contributed by atoms with E-state index in [1.165, 1.54) is 17.3 Å². The number of nitrogens with zero attached hydrogens (tertiary/aromatic N) is 7. The number of fused-ring (bicyclic) bond motifs is 1. The highest BCUT2D eigenvalue weighted by Crippen LogP contribution is 2.39. The average Bonchev–Trinajstić information content (AvgIpc) is 3.39. The second-order valence-corrected chi connectivity index (χ2v) is 8.45. The van der Waals surface area contributed by atoms with Gasteiger partial charge in [0.05, 0.1) is 17.3 Å². The third kappa shape index (κ3) is 3.47. The van der Waals surface area contributed by atoms with Crippen molar-refractivity contribution in [1.29, 1.82) is 0 Å². The number of anilines is 1. The van der Waals surface area contributed by atoms with Crippen LogP contribution >= 0.6 is 0 Å². The predicted octanol–water partition coefficient (Wildman–Crippen LogP) is 3.54. The molecule has 1 aliphatic heterocycles. The lowest BCUT2D eigenvalue weighted by Crippen LogP contribution is -2.58. The van der Waals surface area contributed by atoms with Crippen LogP contribution in [0.25, 0.3) is 27.8 Å². The number of hydrogen-bond acceptors (Lipinski definition) is 5. The molecule has 0 spiro atoms. The molecular weight excluding hydrogens is 425 g/mol. The number of rotatable bonds is 3. The number of aryl methyl sites for hydroxylation is 1. The van der Waals surface area contributed by atoms with Gasteiger partial charge in [-0.15, -0.1) is 0 Å². The number of amides is 1. The van der Waals surface area contributed by atoms with E-state index in [4.69, 9.17) is 0 Å². The van der Waals surface area contributed by atoms with Gasteiger partial charge in [-0.25, -0.2) is 19.2 Å². The van der Waals surface area contributed by atoms with Crippen LogP contribution in [-0.2, 0) is 7.05 Å². The Kier molecular flexibility index (Phi) is 4.99. The van der Waals surface area contributed by atoms with Gasteiger partial charge in [-0.05, 0) is 19.9 Å². The Morgan fingerprint density at radius 3 is 2.58 bits per heavy atom. The van der Waals surface area contributed by atoms with E-state index in [-0.39, 0.29) is 17.9 Å². The Labute approximate surface area is 189 Å². The highest BCUT2D eigenvalue weighted by atomic mass is 19.1. The van der Waals surface area contributed by atoms with Crippen LogP contribution in [-0.4, -0.2) is 65.6 Å². The van der Waals surface area contributed by atoms with Gasteiger partial charge in [-0.3, -0.25) is 9.25 Å². The summed E-state index contributed by atoms with van der Waals surface area (Å²) in [4.78, 5) is 24.3. The fourth-order valence-corrected chi connectivity index (χ4v) is 4.57. The zero-order valence-corrected chi connectivity index (χ0v) is 18.6. The van der Waals surface area contributed by atoms with Crippen molar-refractivity contribution in [2.75, 3.05) is 18.0 Å². The number of carboxylic acid groups (broad SMARTS) is 1. The monoisotopic (exact) mass is 449 g/mol. The van der Waals surface area contributed by atoms with Crippen LogP contribution < -0.4 is 4.90 Å². The largest absolute Gasteiger partial charge is 0.465 e. The summed E-state index contributed by atoms with van der Waals surface area (Å²) in [5, 5.41) is 14.5. The first-order valence-corrected chi connectivity index (χ1v) is 10.7. The molecule has 3 aromatic heterocycles. The highest BCUT2D eigenvalue weighted by molar-refractivity contribution is 6.02. The quantitative estimate of drug-likeness (QED) is 0.514. The molecule has 0 saturated carbocycles. The molecule has 1 saturated heterocycles. The average molecular weight is 449 g/mol. The van der Waals surface area contributed by atoms with Crippen molar-refractivity contribution in [2.45, 2.75) is 25.9 Å². The van der Waals surface area contributed by atoms with Crippen molar-refractivity contribution in [3.8, 4) is 16.8 Å². The van der Waals surface area contributed by atoms with E-state index in [0.29, 0.717) is 41.1 Å². The number of carbonyl (C=O) groups is 1. The predicted molar refractivity (Wildman–Crippen MR) is 122 cm³/mol. The van der Waals surface area contributed by atoms with E-state index in [0.717, 1.165) is 5.69 Å². The lowest BCUT2D eigenvalue weighted by molar-refractivity contribution is 0.114. The molecule has 4 heterocycles. The molecular formula is C23H24FN7O2. The van der Waals surface area contributed by atoms with Gasteiger partial charge in [-0.1, -0.05) is 18.2 Å². The van der Waals surface area contributed by atoms with E-state index < -0.39 is 6.09 Å². The van der Waals surface area contributed by atoms with E-state index in [1.807, 2.05) is 37.9 Å². The van der Waals surface area contributed by atoms with Crippen LogP contribution in [0.4, 0.5) is 15.0 Å². The maximum atomic E-state index is 14.9. The van der Waals surface area contributed by atoms with Gasteiger partial charge in [0, 0.05) is 55.7 Å². The maximum Gasteiger partial charge on any atom is 0.407 e. The van der Waals surface area contributed by atoms with Crippen molar-refractivity contribution in [3.05, 3.63) is 55.0 Å². The molecule has 2 atom stereocenters. The zero-order valence-electron chi connectivity index (χ0n) is 18.6. The highest BCUT2D eigenvalue weighted by Gasteiger charge is 2.34. The number of aromatic nitrogens is 5. The van der Waals surface area contributed by atoms with Gasteiger partial charge in [0.1, 0.15) is 18.0 Å². The Hall–Kier alpha value is -3.95. The first-order valence-electron chi connectivity index (χ1n) is 10.7. The second kappa shape index (κ2) is 7.88. The Morgan fingerprint density at radius 2 is 1.88 bits per heavy atom. The van der Waals surface area contributed by atoms with E-state index in [2.05, 4.69) is 20.0 Å². The van der Waals surface area contributed by atoms with Gasteiger partial charge in [0.15, 0.2) is 5.65 Å². The molecule has 170 valence electrons. The summed E-state index contributed by atoms with van der Waals surface area (Å²) < 4.78 is 18.5. The summed E-state index contributed by atoms with van der Waals surface area (Å²) in [5.74, 6) is 0.319. The SMILES string of the molecule is CC1CN(C(=O)O)[C@@H](C)CN1c1ncnc2c1c(-c1ccccc1F)cn2-c1cnn(C)c1. The topological polar surface area (TPSA) is 92.3 Å². The molecule has 0 radical (unpaired) electrons. The van der Waals surface area contributed by atoms with Crippen molar-refractivity contribution in [3.63, 3.8) is 0 Å². The van der Waals surface area contributed by atoms with E-state index >= 15 is 0 Å². The van der Waals surface area contributed by atoms with Crippen LogP contribution in [0.2, 0.25) is 0 Å². The second-order valence-electron chi connectivity index (χ2n) is 8.45. The molecule has 1 fully saturated rings. The fraction of sp³-hybridized carbons (Fsp3) is 0.304. The molecule has 33 heavy (non-hydrogen) atoms. The van der Waals surface area contributed by atoms with E-state index in [9.17, 15) is 14.3 Å². The summed E-state index contributed by atoms with van der Waals surface area (Å²) in [6.45, 7) is 4.66. The van der Waals surface area contributed by atoms with Gasteiger partial charge in [0.25, 0.3) is 0 Å². The summed E-state index contributed by atoms with van der Waals surface area (Å²) >= 11 is 0. The molecule has 1 unspecified atom stereocenters. The van der Waals surface area contributed by atoms with Crippen LogP contribution in [0.15, 0.2) is 49.2 Å². The summed E-state index contributed by atoms with van der Waals surface area (Å²) in [6, 6.07) is 6.29. The van der Waals surface area contributed by atoms with Gasteiger partial charge < -0.3 is 14.9 Å². The molecule has 5 rings (SSSR count). The lowest BCUT2D eigenvalue weighted by atomic mass is 10.0. The molecule has 1 aromatic carbocycles. The van der Waals surface area contributed by atoms with Crippen molar-refractivity contribution in [2.24, 2.45) is 7.05 Å². The first kappa shape index (κ1) is 20.9. The summed E-state index contributed by atoms with van der Waals surface area (Å²) in [7, 11) is 1.83. The van der Waals surface area contributed by atoms with Crippen LogP contribution in [0, 0.1) is 5.82 Å². The third-order valence-electron chi connectivity index (χ3n) is 6.20. The summed E-state index contributed by atoms with van der Waals surface area (Å²) in [6.07, 6.45) is 6.01. The number of hydrogen-bond donors (Lipinski definition) is 1. The lowest BCUT2D eigenvalue weighted by Gasteiger charge is -2.43. The molecule has 0 bridgehead atoms. The minimum atomic E-state index is -0.934. The molecule has 1 amide bonds. The van der Waals surface area contributed by atoms with E-state index in [1.54, 1.807) is 29.1 Å². The van der Waals surface area contributed by atoms with Gasteiger partial charge >= 0.3 is 6.09 Å². The fourth-order valence-electron chi connectivity index (χ4n) is 4.57. The van der Waals surface area contributed by atoms with Gasteiger partial charge in [-0.2, -0.15) is 5.10 Å². The minimum Gasteiger partial charge on any atom is -0.465 e. The Balaban J connectivity index is 1.73. The maximum absolute atomic E-state index is 14.9. The molecule has 10 heteroatoms. The number of halogens is 1. The number of benzene rings is 1. The van der Waals surface area contributed by atoms with Gasteiger partial charge in [0.2, 0.25) is 0 Å². The standard InChI is InChI=1S/C23H24FN7O2/c1-14-10-30(23(32)33)15(2)9-29(14)21-20-18(17-6-4-5-7-19(17)24)12-31(22(20)26-13-25-21)16-8-27-28(3)11-16/h4-8,11-15H,9-10H2,1-3H3,(H,32,33)/t14?,15-/m0/s1. The Bertz CT molecular complexity index is 1350. The van der Waals surface area contributed by atoms with Crippen molar-refractivity contribution < 1.29 is 14.3 Å². The normalized spacial score (nSPS) is 18.8. The molecule has 0 aliphatic carbocycles. The molecule has 1 N–H and O–H groups in total. The smallest absolute Gasteiger partial charge is 0.407 e. The van der Waals surface area contributed by atoms with Crippen LogP contribution in [0.3, 0.4) is 0 Å². The van der Waals surface area contributed by atoms with Crippen molar-refractivity contribution >= 4 is 22.9 Å². The minimum absolute atomic E-state index is 0.120. The third-order valence-corrected chi connectivity index (χ3v) is 6.20.